The second-order valence-corrected chi connectivity index (χ2v) is 4.39. The van der Waals surface area contributed by atoms with Crippen LogP contribution in [0.5, 0.6) is 0 Å². The second kappa shape index (κ2) is 4.84. The van der Waals surface area contributed by atoms with Crippen molar-refractivity contribution >= 4 is 27.0 Å². The zero-order valence-electron chi connectivity index (χ0n) is 8.90. The van der Waals surface area contributed by atoms with Gasteiger partial charge in [0.15, 0.2) is 5.58 Å². The molecular weight excluding hydrogens is 274 g/mol. The molecule has 0 saturated heterocycles. The maximum Gasteiger partial charge on any atom is 0.419 e. The van der Waals surface area contributed by atoms with E-state index in [4.69, 9.17) is 9.15 Å². The minimum atomic E-state index is -0.316. The van der Waals surface area contributed by atoms with Crippen molar-refractivity contribution in [3.63, 3.8) is 0 Å². The quantitative estimate of drug-likeness (QED) is 0.811. The lowest BCUT2D eigenvalue weighted by molar-refractivity contribution is 0.190. The third kappa shape index (κ3) is 2.20. The summed E-state index contributed by atoms with van der Waals surface area (Å²) in [5.74, 6) is -0.316. The number of nitrogens with zero attached hydrogens (tertiary/aromatic N) is 1. The molecule has 0 radical (unpaired) electrons. The number of hydrogen-bond donors (Lipinski definition) is 0. The average molecular weight is 286 g/mol. The van der Waals surface area contributed by atoms with E-state index >= 15 is 0 Å². The summed E-state index contributed by atoms with van der Waals surface area (Å²) in [5.41, 5.74) is 1.43. The summed E-state index contributed by atoms with van der Waals surface area (Å²) in [5, 5.41) is 0. The Balaban J connectivity index is 2.38. The Kier molecular flexibility index (Phi) is 3.46. The monoisotopic (exact) mass is 285 g/mol. The fourth-order valence-corrected chi connectivity index (χ4v) is 1.96. The first-order chi connectivity index (χ1) is 7.72. The predicted octanol–water partition coefficient (Wildman–Crippen LogP) is 2.39. The summed E-state index contributed by atoms with van der Waals surface area (Å²) >= 11 is 3.38. The van der Waals surface area contributed by atoms with Gasteiger partial charge >= 0.3 is 5.76 Å². The fourth-order valence-electron chi connectivity index (χ4n) is 1.61. The van der Waals surface area contributed by atoms with Crippen LogP contribution in [0.15, 0.2) is 31.9 Å². The molecule has 2 rings (SSSR count). The van der Waals surface area contributed by atoms with Crippen LogP contribution in [-0.4, -0.2) is 18.3 Å². The zero-order chi connectivity index (χ0) is 11.5. The first-order valence-corrected chi connectivity index (χ1v) is 5.79. The largest absolute Gasteiger partial charge is 0.419 e. The summed E-state index contributed by atoms with van der Waals surface area (Å²) in [6.07, 6.45) is 0.789. The first-order valence-electron chi connectivity index (χ1n) is 5.00. The normalized spacial score (nSPS) is 11.1. The van der Waals surface area contributed by atoms with Gasteiger partial charge in [0, 0.05) is 24.7 Å². The number of aryl methyl sites for hydroxylation is 1. The second-order valence-electron chi connectivity index (χ2n) is 3.48. The Hall–Kier alpha value is -1.07. The van der Waals surface area contributed by atoms with Crippen LogP contribution >= 0.6 is 15.9 Å². The molecule has 1 heterocycles. The Morgan fingerprint density at radius 3 is 3.06 bits per heavy atom. The van der Waals surface area contributed by atoms with Crippen LogP contribution in [0.1, 0.15) is 6.42 Å². The van der Waals surface area contributed by atoms with Crippen molar-refractivity contribution in [2.75, 3.05) is 13.7 Å². The zero-order valence-corrected chi connectivity index (χ0v) is 10.5. The third-order valence-corrected chi connectivity index (χ3v) is 2.85. The highest BCUT2D eigenvalue weighted by molar-refractivity contribution is 9.10. The van der Waals surface area contributed by atoms with Crippen LogP contribution in [0, 0.1) is 0 Å². The van der Waals surface area contributed by atoms with Crippen molar-refractivity contribution < 1.29 is 9.15 Å². The molecule has 0 bridgehead atoms. The van der Waals surface area contributed by atoms with Crippen molar-refractivity contribution in [3.8, 4) is 0 Å². The van der Waals surface area contributed by atoms with Gasteiger partial charge in [-0.25, -0.2) is 4.79 Å². The van der Waals surface area contributed by atoms with Gasteiger partial charge in [0.25, 0.3) is 0 Å². The summed E-state index contributed by atoms with van der Waals surface area (Å²) < 4.78 is 12.6. The number of methoxy groups -OCH3 is 1. The van der Waals surface area contributed by atoms with Crippen molar-refractivity contribution in [1.29, 1.82) is 0 Å². The molecule has 1 aromatic carbocycles. The van der Waals surface area contributed by atoms with Crippen molar-refractivity contribution in [1.82, 2.24) is 4.57 Å². The van der Waals surface area contributed by atoms with Gasteiger partial charge < -0.3 is 9.15 Å². The molecule has 0 unspecified atom stereocenters. The van der Waals surface area contributed by atoms with Gasteiger partial charge in [-0.3, -0.25) is 4.57 Å². The highest BCUT2D eigenvalue weighted by atomic mass is 79.9. The molecule has 2 aromatic rings. The topological polar surface area (TPSA) is 44.4 Å². The molecule has 16 heavy (non-hydrogen) atoms. The number of oxazole rings is 1. The van der Waals surface area contributed by atoms with Crippen LogP contribution in [0.25, 0.3) is 11.1 Å². The van der Waals surface area contributed by atoms with Crippen molar-refractivity contribution in [2.45, 2.75) is 13.0 Å². The molecule has 0 aliphatic carbocycles. The van der Waals surface area contributed by atoms with E-state index in [2.05, 4.69) is 15.9 Å². The molecule has 0 saturated carbocycles. The lowest BCUT2D eigenvalue weighted by Crippen LogP contribution is -2.15. The first kappa shape index (κ1) is 11.4. The van der Waals surface area contributed by atoms with Crippen LogP contribution in [0.4, 0.5) is 0 Å². The number of fused-ring (bicyclic) bond motifs is 1. The standard InChI is InChI=1S/C11H12BrNO3/c1-15-6-2-5-13-9-7-8(12)3-4-10(9)16-11(13)14/h3-4,7H,2,5-6H2,1H3. The molecular formula is C11H12BrNO3. The summed E-state index contributed by atoms with van der Waals surface area (Å²) in [4.78, 5) is 11.6. The molecule has 86 valence electrons. The van der Waals surface area contributed by atoms with E-state index in [9.17, 15) is 4.79 Å². The number of hydrogen-bond acceptors (Lipinski definition) is 3. The highest BCUT2D eigenvalue weighted by Crippen LogP contribution is 2.18. The minimum absolute atomic E-state index is 0.316. The summed E-state index contributed by atoms with van der Waals surface area (Å²) in [7, 11) is 1.65. The molecule has 0 aliphatic rings. The number of aromatic nitrogens is 1. The molecule has 4 nitrogen and oxygen atoms in total. The molecule has 0 amide bonds. The van der Waals surface area contributed by atoms with Gasteiger partial charge in [0.1, 0.15) is 0 Å². The van der Waals surface area contributed by atoms with E-state index in [1.807, 2.05) is 12.1 Å². The number of halogens is 1. The van der Waals surface area contributed by atoms with E-state index in [1.54, 1.807) is 17.7 Å². The Labute approximate surface area is 101 Å². The van der Waals surface area contributed by atoms with Crippen LogP contribution in [0.2, 0.25) is 0 Å². The van der Waals surface area contributed by atoms with Crippen molar-refractivity contribution in [2.24, 2.45) is 0 Å². The van der Waals surface area contributed by atoms with E-state index in [-0.39, 0.29) is 5.76 Å². The van der Waals surface area contributed by atoms with Crippen LogP contribution < -0.4 is 5.76 Å². The Morgan fingerprint density at radius 2 is 2.31 bits per heavy atom. The summed E-state index contributed by atoms with van der Waals surface area (Å²) in [6.45, 7) is 1.24. The van der Waals surface area contributed by atoms with Gasteiger partial charge in [-0.15, -0.1) is 0 Å². The summed E-state index contributed by atoms with van der Waals surface area (Å²) in [6, 6.07) is 5.52. The maximum atomic E-state index is 11.6. The Bertz CT molecular complexity index is 544. The Morgan fingerprint density at radius 1 is 1.50 bits per heavy atom. The maximum absolute atomic E-state index is 11.6. The number of benzene rings is 1. The van der Waals surface area contributed by atoms with Crippen molar-refractivity contribution in [3.05, 3.63) is 33.2 Å². The van der Waals surface area contributed by atoms with Gasteiger partial charge in [0.05, 0.1) is 5.52 Å². The van der Waals surface area contributed by atoms with Gasteiger partial charge in [-0.1, -0.05) is 15.9 Å². The molecule has 0 fully saturated rings. The molecule has 0 atom stereocenters. The van der Waals surface area contributed by atoms with E-state index in [0.29, 0.717) is 18.7 Å². The van der Waals surface area contributed by atoms with Crippen LogP contribution in [-0.2, 0) is 11.3 Å². The fraction of sp³-hybridized carbons (Fsp3) is 0.364. The van der Waals surface area contributed by atoms with Crippen LogP contribution in [0.3, 0.4) is 0 Å². The molecule has 5 heteroatoms. The van der Waals surface area contributed by atoms with Gasteiger partial charge in [0.2, 0.25) is 0 Å². The molecule has 0 N–H and O–H groups in total. The lowest BCUT2D eigenvalue weighted by Gasteiger charge is -2.01. The van der Waals surface area contributed by atoms with E-state index in [0.717, 1.165) is 16.4 Å². The van der Waals surface area contributed by atoms with Gasteiger partial charge in [-0.05, 0) is 24.6 Å². The molecule has 1 aromatic heterocycles. The lowest BCUT2D eigenvalue weighted by atomic mass is 10.3. The molecule has 0 aliphatic heterocycles. The van der Waals surface area contributed by atoms with E-state index in [1.165, 1.54) is 0 Å². The highest BCUT2D eigenvalue weighted by Gasteiger charge is 2.08. The average Bonchev–Trinajstić information content (AvgIpc) is 2.56. The smallest absolute Gasteiger partial charge is 0.408 e. The predicted molar refractivity (Wildman–Crippen MR) is 64.7 cm³/mol. The van der Waals surface area contributed by atoms with E-state index < -0.39 is 0 Å². The third-order valence-electron chi connectivity index (χ3n) is 2.36. The minimum Gasteiger partial charge on any atom is -0.408 e. The number of ether oxygens (including phenoxy) is 1. The number of rotatable bonds is 4. The SMILES string of the molecule is COCCCn1c(=O)oc2ccc(Br)cc21. The molecule has 0 spiro atoms. The van der Waals surface area contributed by atoms with Gasteiger partial charge in [-0.2, -0.15) is 0 Å².